The number of aryl methyl sites for hydroxylation is 1. The number of amides is 2. The van der Waals surface area contributed by atoms with Crippen molar-refractivity contribution in [2.24, 2.45) is 0 Å². The first-order valence-electron chi connectivity index (χ1n) is 7.89. The van der Waals surface area contributed by atoms with Crippen LogP contribution in [0.1, 0.15) is 25.0 Å². The van der Waals surface area contributed by atoms with E-state index in [2.05, 4.69) is 10.3 Å². The van der Waals surface area contributed by atoms with E-state index in [9.17, 15) is 9.59 Å². The number of carbonyl (C=O) groups excluding carboxylic acids is 2. The summed E-state index contributed by atoms with van der Waals surface area (Å²) in [4.78, 5) is 32.5. The molecule has 0 bridgehead atoms. The molecule has 3 heterocycles. The second-order valence-corrected chi connectivity index (χ2v) is 6.60. The maximum absolute atomic E-state index is 12.4. The molecule has 22 heavy (non-hydrogen) atoms. The maximum Gasteiger partial charge on any atom is 0.236 e. The molecule has 0 saturated carbocycles. The fraction of sp³-hybridized carbons (Fsp3) is 0.667. The lowest BCUT2D eigenvalue weighted by molar-refractivity contribution is -0.140. The first kappa shape index (κ1) is 15.4. The van der Waals surface area contributed by atoms with E-state index in [0.717, 1.165) is 38.2 Å². The molecule has 7 heteroatoms. The van der Waals surface area contributed by atoms with Crippen LogP contribution in [-0.4, -0.2) is 65.4 Å². The van der Waals surface area contributed by atoms with Crippen molar-refractivity contribution in [2.75, 3.05) is 32.7 Å². The number of nitrogens with zero attached hydrogens (tertiary/aromatic N) is 3. The molecule has 1 unspecified atom stereocenters. The number of piperidine rings is 1. The Kier molecular flexibility index (Phi) is 5.04. The largest absolute Gasteiger partial charge is 0.341 e. The highest BCUT2D eigenvalue weighted by molar-refractivity contribution is 7.07. The van der Waals surface area contributed by atoms with E-state index in [4.69, 9.17) is 0 Å². The molecule has 2 aliphatic heterocycles. The van der Waals surface area contributed by atoms with Gasteiger partial charge in [-0.3, -0.25) is 9.59 Å². The van der Waals surface area contributed by atoms with Gasteiger partial charge in [-0.15, -0.1) is 11.3 Å². The van der Waals surface area contributed by atoms with Crippen molar-refractivity contribution in [3.63, 3.8) is 0 Å². The topological polar surface area (TPSA) is 65.5 Å². The molecule has 2 fully saturated rings. The average Bonchev–Trinajstić information content (AvgIpc) is 3.06. The molecule has 1 N–H and O–H groups in total. The zero-order chi connectivity index (χ0) is 15.4. The normalized spacial score (nSPS) is 22.9. The van der Waals surface area contributed by atoms with E-state index in [1.54, 1.807) is 16.8 Å². The van der Waals surface area contributed by atoms with Crippen LogP contribution in [0.5, 0.6) is 0 Å². The molecule has 6 nitrogen and oxygen atoms in total. The highest BCUT2D eigenvalue weighted by Crippen LogP contribution is 2.18. The van der Waals surface area contributed by atoms with E-state index < -0.39 is 0 Å². The third kappa shape index (κ3) is 3.64. The number of rotatable bonds is 4. The molecular weight excluding hydrogens is 300 g/mol. The van der Waals surface area contributed by atoms with Crippen LogP contribution in [0.4, 0.5) is 0 Å². The van der Waals surface area contributed by atoms with Gasteiger partial charge in [0.05, 0.1) is 17.7 Å². The summed E-state index contributed by atoms with van der Waals surface area (Å²) in [5.74, 6) is 0.341. The standard InChI is InChI=1S/C15H22N4O2S/c20-14(4-3-12-10-22-11-17-12)18-6-1-2-13(9-18)19-7-5-16-8-15(19)21/h10-11,13,16H,1-9H2. The number of carbonyl (C=O) groups is 2. The number of aromatic nitrogens is 1. The van der Waals surface area contributed by atoms with Crippen LogP contribution in [-0.2, 0) is 16.0 Å². The molecule has 0 radical (unpaired) electrons. The number of likely N-dealkylation sites (tertiary alicyclic amines) is 1. The van der Waals surface area contributed by atoms with Crippen molar-refractivity contribution >= 4 is 23.2 Å². The Bertz CT molecular complexity index is 520. The molecule has 2 amide bonds. The Hall–Kier alpha value is -1.47. The number of hydrogen-bond donors (Lipinski definition) is 1. The zero-order valence-corrected chi connectivity index (χ0v) is 13.5. The van der Waals surface area contributed by atoms with Crippen LogP contribution in [0.15, 0.2) is 10.9 Å². The molecular formula is C15H22N4O2S. The number of thiazole rings is 1. The van der Waals surface area contributed by atoms with Gasteiger partial charge in [-0.2, -0.15) is 0 Å². The minimum atomic E-state index is 0.160. The second-order valence-electron chi connectivity index (χ2n) is 5.88. The van der Waals surface area contributed by atoms with Crippen LogP contribution < -0.4 is 5.32 Å². The SMILES string of the molecule is O=C(CCc1cscn1)N1CCCC(N2CCNCC2=O)C1. The molecule has 1 aromatic rings. The minimum absolute atomic E-state index is 0.160. The third-order valence-corrected chi connectivity index (χ3v) is 5.03. The van der Waals surface area contributed by atoms with Gasteiger partial charge in [0.25, 0.3) is 0 Å². The zero-order valence-electron chi connectivity index (χ0n) is 12.7. The highest BCUT2D eigenvalue weighted by Gasteiger charge is 2.31. The second kappa shape index (κ2) is 7.19. The molecule has 1 aromatic heterocycles. The molecule has 3 rings (SSSR count). The number of piperazine rings is 1. The quantitative estimate of drug-likeness (QED) is 0.877. The Labute approximate surface area is 134 Å². The van der Waals surface area contributed by atoms with Gasteiger partial charge in [-0.25, -0.2) is 4.98 Å². The van der Waals surface area contributed by atoms with Gasteiger partial charge in [-0.1, -0.05) is 0 Å². The Morgan fingerprint density at radius 2 is 2.36 bits per heavy atom. The van der Waals surface area contributed by atoms with E-state index in [1.165, 1.54) is 0 Å². The van der Waals surface area contributed by atoms with Gasteiger partial charge in [0, 0.05) is 44.0 Å². The monoisotopic (exact) mass is 322 g/mol. The average molecular weight is 322 g/mol. The fourth-order valence-corrected chi connectivity index (χ4v) is 3.79. The fourth-order valence-electron chi connectivity index (χ4n) is 3.20. The van der Waals surface area contributed by atoms with Crippen LogP contribution in [0.2, 0.25) is 0 Å². The summed E-state index contributed by atoms with van der Waals surface area (Å²) in [7, 11) is 0. The lowest BCUT2D eigenvalue weighted by Crippen LogP contribution is -2.57. The summed E-state index contributed by atoms with van der Waals surface area (Å²) in [5.41, 5.74) is 2.79. The van der Waals surface area contributed by atoms with Gasteiger partial charge in [0.15, 0.2) is 0 Å². The molecule has 2 saturated heterocycles. The highest BCUT2D eigenvalue weighted by atomic mass is 32.1. The van der Waals surface area contributed by atoms with Gasteiger partial charge in [-0.05, 0) is 19.3 Å². The lowest BCUT2D eigenvalue weighted by Gasteiger charge is -2.41. The van der Waals surface area contributed by atoms with Crippen LogP contribution in [0.25, 0.3) is 0 Å². The van der Waals surface area contributed by atoms with Crippen molar-refractivity contribution < 1.29 is 9.59 Å². The molecule has 0 spiro atoms. The summed E-state index contributed by atoms with van der Waals surface area (Å²) in [5, 5.41) is 5.09. The first-order valence-corrected chi connectivity index (χ1v) is 8.83. The predicted octanol–water partition coefficient (Wildman–Crippen LogP) is 0.499. The maximum atomic E-state index is 12.4. The van der Waals surface area contributed by atoms with Crippen molar-refractivity contribution in [3.8, 4) is 0 Å². The molecule has 0 aromatic carbocycles. The first-order chi connectivity index (χ1) is 10.7. The predicted molar refractivity (Wildman–Crippen MR) is 84.6 cm³/mol. The van der Waals surface area contributed by atoms with E-state index >= 15 is 0 Å². The van der Waals surface area contributed by atoms with Crippen LogP contribution in [0, 0.1) is 0 Å². The number of nitrogens with one attached hydrogen (secondary N) is 1. The van der Waals surface area contributed by atoms with Crippen LogP contribution in [0.3, 0.4) is 0 Å². The Morgan fingerprint density at radius 3 is 3.14 bits per heavy atom. The van der Waals surface area contributed by atoms with Gasteiger partial charge in [0.2, 0.25) is 11.8 Å². The molecule has 1 atom stereocenters. The van der Waals surface area contributed by atoms with Gasteiger partial charge in [0.1, 0.15) is 0 Å². The summed E-state index contributed by atoms with van der Waals surface area (Å²) < 4.78 is 0. The van der Waals surface area contributed by atoms with Crippen molar-refractivity contribution in [1.29, 1.82) is 0 Å². The lowest BCUT2D eigenvalue weighted by atomic mass is 10.0. The molecule has 0 aliphatic carbocycles. The van der Waals surface area contributed by atoms with Gasteiger partial charge < -0.3 is 15.1 Å². The molecule has 2 aliphatic rings. The summed E-state index contributed by atoms with van der Waals surface area (Å²) in [6, 6.07) is 0.187. The molecule has 120 valence electrons. The Morgan fingerprint density at radius 1 is 1.45 bits per heavy atom. The summed E-state index contributed by atoms with van der Waals surface area (Å²) in [6.07, 6.45) is 3.19. The number of hydrogen-bond acceptors (Lipinski definition) is 5. The van der Waals surface area contributed by atoms with Gasteiger partial charge >= 0.3 is 0 Å². The Balaban J connectivity index is 1.53. The van der Waals surface area contributed by atoms with Crippen LogP contribution >= 0.6 is 11.3 Å². The van der Waals surface area contributed by atoms with Crippen molar-refractivity contribution in [1.82, 2.24) is 20.1 Å². The van der Waals surface area contributed by atoms with Crippen molar-refractivity contribution in [3.05, 3.63) is 16.6 Å². The third-order valence-electron chi connectivity index (χ3n) is 4.39. The van der Waals surface area contributed by atoms with Crippen molar-refractivity contribution in [2.45, 2.75) is 31.7 Å². The smallest absolute Gasteiger partial charge is 0.236 e. The minimum Gasteiger partial charge on any atom is -0.341 e. The van der Waals surface area contributed by atoms with E-state index in [-0.39, 0.29) is 17.9 Å². The van der Waals surface area contributed by atoms with E-state index in [1.807, 2.05) is 15.2 Å². The van der Waals surface area contributed by atoms with E-state index in [0.29, 0.717) is 25.9 Å². The summed E-state index contributed by atoms with van der Waals surface area (Å²) >= 11 is 1.56. The summed E-state index contributed by atoms with van der Waals surface area (Å²) in [6.45, 7) is 3.52.